The number of hydrogen-bond donors (Lipinski definition) is 0. The van der Waals surface area contributed by atoms with Gasteiger partial charge in [-0.05, 0) is 33.4 Å². The summed E-state index contributed by atoms with van der Waals surface area (Å²) in [7, 11) is 0. The van der Waals surface area contributed by atoms with E-state index in [0.717, 1.165) is 39.0 Å². The summed E-state index contributed by atoms with van der Waals surface area (Å²) >= 11 is 0. The molecular formula is C12H24N2O. The van der Waals surface area contributed by atoms with E-state index in [1.54, 1.807) is 6.92 Å². The molecule has 1 saturated heterocycles. The van der Waals surface area contributed by atoms with Crippen LogP contribution in [0, 0.1) is 0 Å². The van der Waals surface area contributed by atoms with E-state index in [0.29, 0.717) is 11.8 Å². The smallest absolute Gasteiger partial charge is 0.129 e. The Morgan fingerprint density at radius 3 is 2.67 bits per heavy atom. The highest BCUT2D eigenvalue weighted by atomic mass is 16.1. The van der Waals surface area contributed by atoms with Crippen molar-refractivity contribution < 1.29 is 4.79 Å². The van der Waals surface area contributed by atoms with Crippen LogP contribution >= 0.6 is 0 Å². The van der Waals surface area contributed by atoms with Crippen LogP contribution in [0.25, 0.3) is 0 Å². The molecule has 1 atom stereocenters. The fourth-order valence-electron chi connectivity index (χ4n) is 2.30. The Labute approximate surface area is 93.4 Å². The molecular weight excluding hydrogens is 188 g/mol. The number of Topliss-reactive ketones (excluding diaryl/α,β-unsaturated/α-hetero) is 1. The number of piperazine rings is 1. The standard InChI is InChI=1S/C12H24N2O/c1-4-14-9-8-13(10-11(14)2)7-5-6-12(3)15/h11H,4-10H2,1-3H3. The third kappa shape index (κ3) is 4.31. The number of carbonyl (C=O) groups excluding carboxylic acids is 1. The molecule has 0 bridgehead atoms. The van der Waals surface area contributed by atoms with Crippen LogP contribution in [-0.2, 0) is 4.79 Å². The minimum absolute atomic E-state index is 0.315. The highest BCUT2D eigenvalue weighted by Crippen LogP contribution is 2.09. The fraction of sp³-hybridized carbons (Fsp3) is 0.917. The maximum absolute atomic E-state index is 10.8. The van der Waals surface area contributed by atoms with E-state index < -0.39 is 0 Å². The zero-order valence-electron chi connectivity index (χ0n) is 10.3. The van der Waals surface area contributed by atoms with Crippen molar-refractivity contribution >= 4 is 5.78 Å². The number of hydrogen-bond acceptors (Lipinski definition) is 3. The van der Waals surface area contributed by atoms with Crippen molar-refractivity contribution in [3.05, 3.63) is 0 Å². The summed E-state index contributed by atoms with van der Waals surface area (Å²) in [6, 6.07) is 0.668. The molecule has 3 nitrogen and oxygen atoms in total. The number of likely N-dealkylation sites (N-methyl/N-ethyl adjacent to an activating group) is 1. The van der Waals surface area contributed by atoms with Gasteiger partial charge in [0.1, 0.15) is 5.78 Å². The molecule has 0 aromatic carbocycles. The van der Waals surface area contributed by atoms with Gasteiger partial charge in [-0.15, -0.1) is 0 Å². The highest BCUT2D eigenvalue weighted by Gasteiger charge is 2.21. The van der Waals surface area contributed by atoms with E-state index in [-0.39, 0.29) is 0 Å². The van der Waals surface area contributed by atoms with Gasteiger partial charge in [0.2, 0.25) is 0 Å². The molecule has 1 heterocycles. The third-order valence-corrected chi connectivity index (χ3v) is 3.26. The summed E-state index contributed by atoms with van der Waals surface area (Å²) in [5.41, 5.74) is 0. The molecule has 0 radical (unpaired) electrons. The largest absolute Gasteiger partial charge is 0.301 e. The molecule has 0 saturated carbocycles. The minimum Gasteiger partial charge on any atom is -0.301 e. The molecule has 3 heteroatoms. The Balaban J connectivity index is 2.20. The molecule has 0 N–H and O–H groups in total. The lowest BCUT2D eigenvalue weighted by Crippen LogP contribution is -2.51. The molecule has 0 aliphatic carbocycles. The molecule has 1 fully saturated rings. The Morgan fingerprint density at radius 1 is 1.40 bits per heavy atom. The summed E-state index contributed by atoms with van der Waals surface area (Å²) < 4.78 is 0. The Kier molecular flexibility index (Phi) is 5.26. The van der Waals surface area contributed by atoms with Crippen molar-refractivity contribution in [1.82, 2.24) is 9.80 Å². The van der Waals surface area contributed by atoms with E-state index in [1.807, 2.05) is 0 Å². The first-order valence-electron chi connectivity index (χ1n) is 6.09. The van der Waals surface area contributed by atoms with E-state index in [9.17, 15) is 4.79 Å². The van der Waals surface area contributed by atoms with E-state index in [4.69, 9.17) is 0 Å². The fourth-order valence-corrected chi connectivity index (χ4v) is 2.30. The minimum atomic E-state index is 0.315. The quantitative estimate of drug-likeness (QED) is 0.688. The van der Waals surface area contributed by atoms with Crippen LogP contribution in [-0.4, -0.2) is 54.3 Å². The van der Waals surface area contributed by atoms with E-state index >= 15 is 0 Å². The summed E-state index contributed by atoms with van der Waals surface area (Å²) in [5, 5.41) is 0. The first kappa shape index (κ1) is 12.7. The predicted octanol–water partition coefficient (Wildman–Crippen LogP) is 1.38. The van der Waals surface area contributed by atoms with Gasteiger partial charge < -0.3 is 9.69 Å². The SMILES string of the molecule is CCN1CCN(CCCC(C)=O)CC1C. The maximum atomic E-state index is 10.8. The van der Waals surface area contributed by atoms with Gasteiger partial charge in [-0.2, -0.15) is 0 Å². The average molecular weight is 212 g/mol. The molecule has 0 spiro atoms. The van der Waals surface area contributed by atoms with Crippen molar-refractivity contribution in [3.8, 4) is 0 Å². The van der Waals surface area contributed by atoms with E-state index in [2.05, 4.69) is 23.6 Å². The van der Waals surface area contributed by atoms with Crippen LogP contribution in [0.2, 0.25) is 0 Å². The number of rotatable bonds is 5. The van der Waals surface area contributed by atoms with E-state index in [1.165, 1.54) is 6.54 Å². The average Bonchev–Trinajstić information content (AvgIpc) is 2.17. The lowest BCUT2D eigenvalue weighted by atomic mass is 10.1. The van der Waals surface area contributed by atoms with Gasteiger partial charge in [0, 0.05) is 32.1 Å². The van der Waals surface area contributed by atoms with Crippen LogP contribution in [0.1, 0.15) is 33.6 Å². The maximum Gasteiger partial charge on any atom is 0.129 e. The Morgan fingerprint density at radius 2 is 2.13 bits per heavy atom. The molecule has 15 heavy (non-hydrogen) atoms. The first-order chi connectivity index (χ1) is 7.13. The number of ketones is 1. The first-order valence-corrected chi connectivity index (χ1v) is 6.09. The zero-order chi connectivity index (χ0) is 11.3. The molecule has 0 aromatic rings. The normalized spacial score (nSPS) is 24.3. The monoisotopic (exact) mass is 212 g/mol. The lowest BCUT2D eigenvalue weighted by Gasteiger charge is -2.39. The second-order valence-corrected chi connectivity index (χ2v) is 4.58. The van der Waals surface area contributed by atoms with Crippen molar-refractivity contribution in [2.45, 2.75) is 39.7 Å². The third-order valence-electron chi connectivity index (χ3n) is 3.26. The predicted molar refractivity (Wildman–Crippen MR) is 63.1 cm³/mol. The van der Waals surface area contributed by atoms with Gasteiger partial charge in [-0.3, -0.25) is 4.90 Å². The van der Waals surface area contributed by atoms with Crippen LogP contribution < -0.4 is 0 Å². The number of nitrogens with zero attached hydrogens (tertiary/aromatic N) is 2. The molecule has 0 aromatic heterocycles. The second-order valence-electron chi connectivity index (χ2n) is 4.58. The summed E-state index contributed by atoms with van der Waals surface area (Å²) in [4.78, 5) is 15.8. The van der Waals surface area contributed by atoms with Crippen LogP contribution in [0.4, 0.5) is 0 Å². The second kappa shape index (κ2) is 6.23. The van der Waals surface area contributed by atoms with Crippen molar-refractivity contribution in [3.63, 3.8) is 0 Å². The summed E-state index contributed by atoms with van der Waals surface area (Å²) in [6.07, 6.45) is 1.76. The van der Waals surface area contributed by atoms with Gasteiger partial charge in [0.25, 0.3) is 0 Å². The highest BCUT2D eigenvalue weighted by molar-refractivity contribution is 5.75. The molecule has 0 amide bonds. The van der Waals surface area contributed by atoms with Crippen LogP contribution in [0.3, 0.4) is 0 Å². The molecule has 1 unspecified atom stereocenters. The molecule has 1 aliphatic rings. The lowest BCUT2D eigenvalue weighted by molar-refractivity contribution is -0.117. The van der Waals surface area contributed by atoms with Crippen LogP contribution in [0.15, 0.2) is 0 Å². The number of carbonyl (C=O) groups is 1. The van der Waals surface area contributed by atoms with Crippen molar-refractivity contribution in [2.24, 2.45) is 0 Å². The van der Waals surface area contributed by atoms with Gasteiger partial charge >= 0.3 is 0 Å². The Hall–Kier alpha value is -0.410. The molecule has 1 aliphatic heterocycles. The van der Waals surface area contributed by atoms with Gasteiger partial charge in [0.15, 0.2) is 0 Å². The Bertz CT molecular complexity index is 206. The van der Waals surface area contributed by atoms with Gasteiger partial charge in [-0.1, -0.05) is 6.92 Å². The van der Waals surface area contributed by atoms with Crippen molar-refractivity contribution in [2.75, 3.05) is 32.7 Å². The summed E-state index contributed by atoms with van der Waals surface area (Å²) in [5.74, 6) is 0.315. The molecule has 88 valence electrons. The van der Waals surface area contributed by atoms with Crippen molar-refractivity contribution in [1.29, 1.82) is 0 Å². The van der Waals surface area contributed by atoms with Gasteiger partial charge in [-0.25, -0.2) is 0 Å². The summed E-state index contributed by atoms with van der Waals surface area (Å²) in [6.45, 7) is 11.9. The van der Waals surface area contributed by atoms with Gasteiger partial charge in [0.05, 0.1) is 0 Å². The molecule has 1 rings (SSSR count). The van der Waals surface area contributed by atoms with Crippen LogP contribution in [0.5, 0.6) is 0 Å². The zero-order valence-corrected chi connectivity index (χ0v) is 10.3. The topological polar surface area (TPSA) is 23.6 Å².